The fraction of sp³-hybridized carbons (Fsp3) is 0.760. The van der Waals surface area contributed by atoms with Gasteiger partial charge in [0.15, 0.2) is 0 Å². The molecular weight excluding hydrogens is 347 g/mol. The fourth-order valence-electron chi connectivity index (χ4n) is 4.41. The molecule has 1 aromatic rings. The molecule has 158 valence electrons. The van der Waals surface area contributed by atoms with Crippen molar-refractivity contribution in [2.75, 3.05) is 18.5 Å². The number of unbranched alkanes of at least 4 members (excludes halogenated alkanes) is 9. The molecule has 0 radical (unpaired) electrons. The third kappa shape index (κ3) is 10.1. The zero-order valence-corrected chi connectivity index (χ0v) is 19.5. The van der Waals surface area contributed by atoms with Gasteiger partial charge in [-0.15, -0.1) is 0 Å². The maximum absolute atomic E-state index is 12.3. The van der Waals surface area contributed by atoms with E-state index in [1.807, 2.05) is 0 Å². The van der Waals surface area contributed by atoms with Crippen LogP contribution in [0, 0.1) is 0 Å². The second-order valence-electron chi connectivity index (χ2n) is 8.90. The van der Waals surface area contributed by atoms with Crippen molar-refractivity contribution in [1.82, 2.24) is 0 Å². The van der Waals surface area contributed by atoms with Gasteiger partial charge in [-0.3, -0.25) is 0 Å². The predicted octanol–water partition coefficient (Wildman–Crippen LogP) is 8.39. The van der Waals surface area contributed by atoms with E-state index in [9.17, 15) is 4.89 Å². The SMILES string of the molecule is CCCCCCCCCCP(O)(CCCC)(CCCC)Cc1ccccc1. The summed E-state index contributed by atoms with van der Waals surface area (Å²) < 4.78 is 0. The van der Waals surface area contributed by atoms with Gasteiger partial charge in [0, 0.05) is 0 Å². The Balaban J connectivity index is 2.69. The van der Waals surface area contributed by atoms with Crippen molar-refractivity contribution in [1.29, 1.82) is 0 Å². The zero-order valence-electron chi connectivity index (χ0n) is 18.6. The summed E-state index contributed by atoms with van der Waals surface area (Å²) in [5.74, 6) is 0. The standard InChI is InChI=1S/C25H47OP/c1-4-7-10-11-12-13-14-18-23-27(26,21-8-5-2,22-9-6-3)24-25-19-16-15-17-20-25/h15-17,19-20,26H,4-14,18,21-24H2,1-3H3. The van der Waals surface area contributed by atoms with Gasteiger partial charge in [0.2, 0.25) is 0 Å². The van der Waals surface area contributed by atoms with Gasteiger partial charge < -0.3 is 0 Å². The van der Waals surface area contributed by atoms with E-state index in [2.05, 4.69) is 51.1 Å². The normalized spacial score (nSPS) is 13.4. The van der Waals surface area contributed by atoms with Crippen LogP contribution in [0.2, 0.25) is 0 Å². The Bertz CT molecular complexity index is 462. The van der Waals surface area contributed by atoms with Gasteiger partial charge in [0.05, 0.1) is 0 Å². The molecule has 27 heavy (non-hydrogen) atoms. The summed E-state index contributed by atoms with van der Waals surface area (Å²) in [6.45, 7) is 4.16. The molecule has 0 saturated heterocycles. The van der Waals surface area contributed by atoms with Crippen LogP contribution in [-0.2, 0) is 6.16 Å². The summed E-state index contributed by atoms with van der Waals surface area (Å²) in [4.78, 5) is 12.3. The van der Waals surface area contributed by atoms with Crippen LogP contribution in [-0.4, -0.2) is 23.4 Å². The molecule has 1 aromatic carbocycles. The number of hydrogen-bond acceptors (Lipinski definition) is 1. The van der Waals surface area contributed by atoms with Crippen molar-refractivity contribution in [3.05, 3.63) is 35.9 Å². The minimum absolute atomic E-state index is 0.947. The summed E-state index contributed by atoms with van der Waals surface area (Å²) in [6, 6.07) is 10.8. The average Bonchev–Trinajstić information content (AvgIpc) is 2.68. The summed E-state index contributed by atoms with van der Waals surface area (Å²) in [6.07, 6.45) is 19.7. The van der Waals surface area contributed by atoms with Gasteiger partial charge in [0.25, 0.3) is 0 Å². The molecule has 0 spiro atoms. The second-order valence-corrected chi connectivity index (χ2v) is 14.4. The van der Waals surface area contributed by atoms with Crippen LogP contribution in [0.15, 0.2) is 30.3 Å². The first-order chi connectivity index (χ1) is 13.1. The summed E-state index contributed by atoms with van der Waals surface area (Å²) in [5, 5.41) is 0. The van der Waals surface area contributed by atoms with Crippen LogP contribution in [0.25, 0.3) is 0 Å². The Morgan fingerprint density at radius 2 is 1.04 bits per heavy atom. The number of hydrogen-bond donors (Lipinski definition) is 1. The van der Waals surface area contributed by atoms with Crippen molar-refractivity contribution in [3.8, 4) is 0 Å². The minimum atomic E-state index is -2.65. The molecule has 0 heterocycles. The van der Waals surface area contributed by atoms with Crippen molar-refractivity contribution in [2.45, 2.75) is 104 Å². The number of benzene rings is 1. The third-order valence-electron chi connectivity index (χ3n) is 6.19. The molecule has 0 saturated carbocycles. The fourth-order valence-corrected chi connectivity index (χ4v) is 9.99. The number of rotatable bonds is 17. The molecule has 1 N–H and O–H groups in total. The monoisotopic (exact) mass is 394 g/mol. The molecule has 0 aliphatic rings. The van der Waals surface area contributed by atoms with Crippen molar-refractivity contribution < 1.29 is 4.89 Å². The first-order valence-corrected chi connectivity index (χ1v) is 14.8. The summed E-state index contributed by atoms with van der Waals surface area (Å²) in [5.41, 5.74) is 1.35. The van der Waals surface area contributed by atoms with Crippen LogP contribution in [0.4, 0.5) is 0 Å². The summed E-state index contributed by atoms with van der Waals surface area (Å²) >= 11 is 0. The van der Waals surface area contributed by atoms with Crippen LogP contribution in [0.5, 0.6) is 0 Å². The molecule has 1 nitrogen and oxygen atoms in total. The average molecular weight is 395 g/mol. The van der Waals surface area contributed by atoms with Crippen LogP contribution < -0.4 is 0 Å². The van der Waals surface area contributed by atoms with E-state index in [1.165, 1.54) is 82.6 Å². The first kappa shape index (κ1) is 24.6. The van der Waals surface area contributed by atoms with Crippen LogP contribution >= 0.6 is 6.83 Å². The van der Waals surface area contributed by atoms with Gasteiger partial charge in [0.1, 0.15) is 0 Å². The van der Waals surface area contributed by atoms with E-state index in [1.54, 1.807) is 0 Å². The molecule has 2 heteroatoms. The van der Waals surface area contributed by atoms with Crippen molar-refractivity contribution >= 4 is 6.83 Å². The van der Waals surface area contributed by atoms with E-state index in [-0.39, 0.29) is 0 Å². The van der Waals surface area contributed by atoms with E-state index >= 15 is 0 Å². The van der Waals surface area contributed by atoms with Gasteiger partial charge in [-0.2, -0.15) is 0 Å². The quantitative estimate of drug-likeness (QED) is 0.208. The Hall–Kier alpha value is -0.390. The van der Waals surface area contributed by atoms with E-state index in [0.717, 1.165) is 24.6 Å². The van der Waals surface area contributed by atoms with Crippen LogP contribution in [0.3, 0.4) is 0 Å². The molecule has 0 aliphatic carbocycles. The maximum atomic E-state index is 12.3. The molecule has 0 atom stereocenters. The Labute approximate surface area is 170 Å². The van der Waals surface area contributed by atoms with Gasteiger partial charge in [-0.25, -0.2) is 0 Å². The molecule has 0 amide bonds. The molecular formula is C25H47OP. The van der Waals surface area contributed by atoms with Gasteiger partial charge >= 0.3 is 170 Å². The third-order valence-corrected chi connectivity index (χ3v) is 11.8. The van der Waals surface area contributed by atoms with E-state index in [0.29, 0.717) is 0 Å². The summed E-state index contributed by atoms with van der Waals surface area (Å²) in [7, 11) is 0. The Kier molecular flexibility index (Phi) is 12.5. The van der Waals surface area contributed by atoms with E-state index < -0.39 is 6.83 Å². The molecule has 1 rings (SSSR count). The van der Waals surface area contributed by atoms with Gasteiger partial charge in [-0.05, 0) is 0 Å². The second kappa shape index (κ2) is 13.7. The zero-order chi connectivity index (χ0) is 19.9. The van der Waals surface area contributed by atoms with Crippen LogP contribution in [0.1, 0.15) is 103 Å². The molecule has 0 aromatic heterocycles. The molecule has 0 fully saturated rings. The first-order valence-electron chi connectivity index (χ1n) is 11.9. The Morgan fingerprint density at radius 3 is 1.56 bits per heavy atom. The predicted molar refractivity (Wildman–Crippen MR) is 126 cm³/mol. The van der Waals surface area contributed by atoms with Crippen molar-refractivity contribution in [3.63, 3.8) is 0 Å². The molecule has 0 aliphatic heterocycles. The van der Waals surface area contributed by atoms with Crippen molar-refractivity contribution in [2.24, 2.45) is 0 Å². The molecule has 0 bridgehead atoms. The van der Waals surface area contributed by atoms with Gasteiger partial charge in [-0.1, -0.05) is 0 Å². The topological polar surface area (TPSA) is 20.2 Å². The Morgan fingerprint density at radius 1 is 0.593 bits per heavy atom. The molecule has 0 unspecified atom stereocenters. The van der Waals surface area contributed by atoms with E-state index in [4.69, 9.17) is 0 Å².